The Morgan fingerprint density at radius 1 is 1.03 bits per heavy atom. The molecule has 164 valence electrons. The minimum absolute atomic E-state index is 0.113. The van der Waals surface area contributed by atoms with Gasteiger partial charge in [-0.15, -0.1) is 0 Å². The average molecular weight is 416 g/mol. The van der Waals surface area contributed by atoms with Gasteiger partial charge in [-0.05, 0) is 44.9 Å². The van der Waals surface area contributed by atoms with E-state index in [1.54, 1.807) is 12.1 Å². The average Bonchev–Trinajstić information content (AvgIpc) is 3.07. The number of ether oxygens (including phenoxy) is 1. The first-order valence-corrected chi connectivity index (χ1v) is 10.00. The third-order valence-electron chi connectivity index (χ3n) is 4.44. The Morgan fingerprint density at radius 2 is 1.67 bits per heavy atom. The highest BCUT2D eigenvalue weighted by Crippen LogP contribution is 2.28. The number of hydrogen-bond acceptors (Lipinski definition) is 4. The molecule has 0 radical (unpaired) electrons. The highest BCUT2D eigenvalue weighted by molar-refractivity contribution is 5.88. The number of urea groups is 1. The Morgan fingerprint density at radius 3 is 2.20 bits per heavy atom. The van der Waals surface area contributed by atoms with Crippen LogP contribution in [0.4, 0.5) is 21.1 Å². The highest BCUT2D eigenvalue weighted by atomic mass is 16.5. The number of nitrogens with one attached hydrogen (secondary N) is 3. The SMILES string of the molecule is COC(=O)Nc1ccc(CCNC(=O)Nc2cc(C(C)(C)C)nn2C(C)(C)C)cc1. The summed E-state index contributed by atoms with van der Waals surface area (Å²) in [5.74, 6) is 0.670. The summed E-state index contributed by atoms with van der Waals surface area (Å²) in [6, 6.07) is 9.04. The van der Waals surface area contributed by atoms with Gasteiger partial charge >= 0.3 is 12.1 Å². The summed E-state index contributed by atoms with van der Waals surface area (Å²) in [6.45, 7) is 12.9. The zero-order chi connectivity index (χ0) is 22.5. The second-order valence-electron chi connectivity index (χ2n) is 9.19. The molecule has 0 saturated heterocycles. The van der Waals surface area contributed by atoms with Crippen molar-refractivity contribution in [3.8, 4) is 0 Å². The zero-order valence-corrected chi connectivity index (χ0v) is 18.9. The number of hydrogen-bond donors (Lipinski definition) is 3. The molecule has 0 saturated carbocycles. The quantitative estimate of drug-likeness (QED) is 0.671. The summed E-state index contributed by atoms with van der Waals surface area (Å²) in [5, 5.41) is 13.1. The fourth-order valence-corrected chi connectivity index (χ4v) is 2.75. The molecule has 8 nitrogen and oxygen atoms in total. The fraction of sp³-hybridized carbons (Fsp3) is 0.500. The van der Waals surface area contributed by atoms with Crippen molar-refractivity contribution >= 4 is 23.6 Å². The number of methoxy groups -OCH3 is 1. The van der Waals surface area contributed by atoms with E-state index < -0.39 is 6.09 Å². The topological polar surface area (TPSA) is 97.3 Å². The maximum atomic E-state index is 12.4. The third kappa shape index (κ3) is 6.50. The molecule has 0 spiro atoms. The molecule has 1 aromatic heterocycles. The minimum atomic E-state index is -0.509. The first-order chi connectivity index (χ1) is 13.9. The smallest absolute Gasteiger partial charge is 0.411 e. The van der Waals surface area contributed by atoms with E-state index in [0.717, 1.165) is 11.3 Å². The van der Waals surface area contributed by atoms with Gasteiger partial charge in [0.15, 0.2) is 0 Å². The summed E-state index contributed by atoms with van der Waals surface area (Å²) in [6.07, 6.45) is 0.155. The number of benzene rings is 1. The Balaban J connectivity index is 1.93. The molecule has 30 heavy (non-hydrogen) atoms. The van der Waals surface area contributed by atoms with Crippen molar-refractivity contribution in [1.82, 2.24) is 15.1 Å². The molecular formula is C22H33N5O3. The van der Waals surface area contributed by atoms with Crippen molar-refractivity contribution in [2.75, 3.05) is 24.3 Å². The molecular weight excluding hydrogens is 382 g/mol. The van der Waals surface area contributed by atoms with Crippen LogP contribution in [0, 0.1) is 0 Å². The van der Waals surface area contributed by atoms with Crippen LogP contribution < -0.4 is 16.0 Å². The lowest BCUT2D eigenvalue weighted by Crippen LogP contribution is -2.33. The van der Waals surface area contributed by atoms with Gasteiger partial charge in [-0.25, -0.2) is 14.3 Å². The van der Waals surface area contributed by atoms with Crippen LogP contribution in [0.1, 0.15) is 52.8 Å². The molecule has 8 heteroatoms. The molecule has 1 aromatic carbocycles. The van der Waals surface area contributed by atoms with Crippen molar-refractivity contribution in [3.05, 3.63) is 41.6 Å². The maximum Gasteiger partial charge on any atom is 0.411 e. The monoisotopic (exact) mass is 415 g/mol. The normalized spacial score (nSPS) is 11.7. The van der Waals surface area contributed by atoms with E-state index in [9.17, 15) is 9.59 Å². The molecule has 2 aromatic rings. The van der Waals surface area contributed by atoms with Crippen LogP contribution in [0.3, 0.4) is 0 Å². The molecule has 3 N–H and O–H groups in total. The molecule has 2 rings (SSSR count). The molecule has 0 aliphatic carbocycles. The van der Waals surface area contributed by atoms with Gasteiger partial charge in [0, 0.05) is 23.7 Å². The van der Waals surface area contributed by atoms with Crippen LogP contribution >= 0.6 is 0 Å². The number of carbonyl (C=O) groups is 2. The molecule has 0 bridgehead atoms. The lowest BCUT2D eigenvalue weighted by atomic mass is 9.92. The molecule has 3 amide bonds. The Hall–Kier alpha value is -3.03. The number of rotatable bonds is 5. The first kappa shape index (κ1) is 23.3. The zero-order valence-electron chi connectivity index (χ0n) is 18.9. The van der Waals surface area contributed by atoms with Crippen molar-refractivity contribution in [1.29, 1.82) is 0 Å². The second kappa shape index (κ2) is 9.19. The predicted octanol–water partition coefficient (Wildman–Crippen LogP) is 4.48. The molecule has 0 unspecified atom stereocenters. The van der Waals surface area contributed by atoms with Gasteiger partial charge in [-0.2, -0.15) is 5.10 Å². The highest BCUT2D eigenvalue weighted by Gasteiger charge is 2.25. The lowest BCUT2D eigenvalue weighted by Gasteiger charge is -2.23. The third-order valence-corrected chi connectivity index (χ3v) is 4.44. The van der Waals surface area contributed by atoms with E-state index in [1.165, 1.54) is 7.11 Å². The van der Waals surface area contributed by atoms with Crippen LogP contribution in [-0.4, -0.2) is 35.6 Å². The molecule has 0 fully saturated rings. The van der Waals surface area contributed by atoms with Gasteiger partial charge in [-0.3, -0.25) is 10.6 Å². The summed E-state index contributed by atoms with van der Waals surface area (Å²) >= 11 is 0. The van der Waals surface area contributed by atoms with Crippen molar-refractivity contribution in [3.63, 3.8) is 0 Å². The molecule has 0 atom stereocenters. The van der Waals surface area contributed by atoms with Gasteiger partial charge in [0.05, 0.1) is 18.3 Å². The van der Waals surface area contributed by atoms with E-state index in [1.807, 2.05) is 43.7 Å². The number of anilines is 2. The molecule has 0 aliphatic heterocycles. The fourth-order valence-electron chi connectivity index (χ4n) is 2.75. The predicted molar refractivity (Wildman–Crippen MR) is 119 cm³/mol. The molecule has 0 aliphatic rings. The van der Waals surface area contributed by atoms with Gasteiger partial charge in [-0.1, -0.05) is 32.9 Å². The number of amides is 3. The van der Waals surface area contributed by atoms with Crippen LogP contribution in [0.2, 0.25) is 0 Å². The number of carbonyl (C=O) groups excluding carboxylic acids is 2. The van der Waals surface area contributed by atoms with Crippen LogP contribution in [0.15, 0.2) is 30.3 Å². The molecule has 1 heterocycles. The van der Waals surface area contributed by atoms with Crippen molar-refractivity contribution < 1.29 is 14.3 Å². The summed E-state index contributed by atoms with van der Waals surface area (Å²) in [7, 11) is 1.32. The summed E-state index contributed by atoms with van der Waals surface area (Å²) in [4.78, 5) is 23.6. The Bertz CT molecular complexity index is 874. The first-order valence-electron chi connectivity index (χ1n) is 10.00. The number of nitrogens with zero attached hydrogens (tertiary/aromatic N) is 2. The summed E-state index contributed by atoms with van der Waals surface area (Å²) in [5.41, 5.74) is 2.25. The summed E-state index contributed by atoms with van der Waals surface area (Å²) < 4.78 is 6.41. The van der Waals surface area contributed by atoms with E-state index in [-0.39, 0.29) is 17.0 Å². The van der Waals surface area contributed by atoms with Crippen molar-refractivity contribution in [2.45, 2.75) is 58.9 Å². The Kier molecular flexibility index (Phi) is 7.12. The van der Waals surface area contributed by atoms with Crippen molar-refractivity contribution in [2.24, 2.45) is 0 Å². The standard InChI is InChI=1S/C22H33N5O3/c1-21(2,3)17-14-18(27(26-17)22(4,5)6)25-19(28)23-13-12-15-8-10-16(11-9-15)24-20(29)30-7/h8-11,14H,12-13H2,1-7H3,(H,24,29)(H2,23,25,28). The number of aromatic nitrogens is 2. The van der Waals surface area contributed by atoms with Gasteiger partial charge in [0.2, 0.25) is 0 Å². The van der Waals surface area contributed by atoms with Gasteiger partial charge in [0.1, 0.15) is 5.82 Å². The van der Waals surface area contributed by atoms with Gasteiger partial charge < -0.3 is 10.1 Å². The van der Waals surface area contributed by atoms with Crippen LogP contribution in [0.25, 0.3) is 0 Å². The Labute approximate surface area is 178 Å². The van der Waals surface area contributed by atoms with E-state index in [0.29, 0.717) is 24.5 Å². The van der Waals surface area contributed by atoms with Gasteiger partial charge in [0.25, 0.3) is 0 Å². The van der Waals surface area contributed by atoms with Crippen LogP contribution in [-0.2, 0) is 22.1 Å². The van der Waals surface area contributed by atoms with Crippen LogP contribution in [0.5, 0.6) is 0 Å². The maximum absolute atomic E-state index is 12.4. The van der Waals surface area contributed by atoms with E-state index >= 15 is 0 Å². The second-order valence-corrected chi connectivity index (χ2v) is 9.19. The lowest BCUT2D eigenvalue weighted by molar-refractivity contribution is 0.187. The minimum Gasteiger partial charge on any atom is -0.453 e. The van der Waals surface area contributed by atoms with E-state index in [2.05, 4.69) is 41.5 Å². The largest absolute Gasteiger partial charge is 0.453 e. The van der Waals surface area contributed by atoms with E-state index in [4.69, 9.17) is 5.10 Å².